The quantitative estimate of drug-likeness (QED) is 0.780. The maximum atomic E-state index is 13.5. The van der Waals surface area contributed by atoms with Crippen LogP contribution in [0.2, 0.25) is 0 Å². The smallest absolute Gasteiger partial charge is 0.227 e. The topological polar surface area (TPSA) is 47.3 Å². The lowest BCUT2D eigenvalue weighted by molar-refractivity contribution is -0.132. The molecule has 0 aliphatic carbocycles. The van der Waals surface area contributed by atoms with Gasteiger partial charge in [-0.15, -0.1) is 0 Å². The van der Waals surface area contributed by atoms with Gasteiger partial charge in [0.15, 0.2) is 11.6 Å². The van der Waals surface area contributed by atoms with Gasteiger partial charge in [0.1, 0.15) is 0 Å². The third-order valence-corrected chi connectivity index (χ3v) is 3.39. The Bertz CT molecular complexity index is 534. The Hall–Kier alpha value is -2.00. The van der Waals surface area contributed by atoms with Crippen LogP contribution in [-0.2, 0) is 11.2 Å². The first-order chi connectivity index (χ1) is 9.61. The van der Waals surface area contributed by atoms with Crippen LogP contribution in [0, 0.1) is 23.0 Å². The maximum absolute atomic E-state index is 13.5. The van der Waals surface area contributed by atoms with Crippen molar-refractivity contribution in [1.82, 2.24) is 9.80 Å². The summed E-state index contributed by atoms with van der Waals surface area (Å²) in [4.78, 5) is 15.6. The van der Waals surface area contributed by atoms with Gasteiger partial charge in [-0.1, -0.05) is 12.1 Å². The van der Waals surface area contributed by atoms with Gasteiger partial charge in [-0.05, 0) is 6.07 Å². The average molecular weight is 279 g/mol. The summed E-state index contributed by atoms with van der Waals surface area (Å²) in [5.41, 5.74) is 0.0782. The van der Waals surface area contributed by atoms with E-state index in [1.54, 1.807) is 4.90 Å². The highest BCUT2D eigenvalue weighted by Crippen LogP contribution is 2.13. The van der Waals surface area contributed by atoms with Gasteiger partial charge < -0.3 is 4.90 Å². The van der Waals surface area contributed by atoms with E-state index in [2.05, 4.69) is 6.07 Å². The lowest BCUT2D eigenvalue weighted by Crippen LogP contribution is -2.49. The van der Waals surface area contributed by atoms with Gasteiger partial charge in [0.05, 0.1) is 19.0 Å². The molecule has 0 saturated carbocycles. The third kappa shape index (κ3) is 3.31. The van der Waals surface area contributed by atoms with E-state index < -0.39 is 11.6 Å². The molecule has 0 spiro atoms. The van der Waals surface area contributed by atoms with Crippen LogP contribution in [0.5, 0.6) is 0 Å². The molecule has 1 aliphatic rings. The molecule has 6 heteroatoms. The molecule has 1 saturated heterocycles. The first-order valence-corrected chi connectivity index (χ1v) is 6.42. The Labute approximate surface area is 116 Å². The molecule has 2 rings (SSSR count). The van der Waals surface area contributed by atoms with Gasteiger partial charge >= 0.3 is 0 Å². The summed E-state index contributed by atoms with van der Waals surface area (Å²) in [6.45, 7) is 2.63. The summed E-state index contributed by atoms with van der Waals surface area (Å²) in [6, 6.07) is 5.91. The van der Waals surface area contributed by atoms with Gasteiger partial charge in [-0.3, -0.25) is 9.69 Å². The lowest BCUT2D eigenvalue weighted by atomic mass is 10.1. The van der Waals surface area contributed by atoms with Crippen molar-refractivity contribution in [2.45, 2.75) is 6.42 Å². The Morgan fingerprint density at radius 2 is 1.95 bits per heavy atom. The molecule has 0 bridgehead atoms. The van der Waals surface area contributed by atoms with Gasteiger partial charge in [-0.25, -0.2) is 8.78 Å². The fraction of sp³-hybridized carbons (Fsp3) is 0.429. The van der Waals surface area contributed by atoms with Gasteiger partial charge in [0.25, 0.3) is 0 Å². The van der Waals surface area contributed by atoms with Crippen molar-refractivity contribution in [3.63, 3.8) is 0 Å². The highest BCUT2D eigenvalue weighted by Gasteiger charge is 2.22. The van der Waals surface area contributed by atoms with Crippen molar-refractivity contribution in [3.05, 3.63) is 35.4 Å². The molecular formula is C14H15F2N3O. The molecule has 20 heavy (non-hydrogen) atoms. The number of halogens is 2. The summed E-state index contributed by atoms with van der Waals surface area (Å²) in [6.07, 6.45) is -0.137. The van der Waals surface area contributed by atoms with E-state index in [0.29, 0.717) is 32.7 Å². The van der Waals surface area contributed by atoms with E-state index in [9.17, 15) is 13.6 Å². The van der Waals surface area contributed by atoms with E-state index >= 15 is 0 Å². The van der Waals surface area contributed by atoms with E-state index in [0.717, 1.165) is 6.07 Å². The number of carbonyl (C=O) groups is 1. The number of nitrogens with zero attached hydrogens (tertiary/aromatic N) is 3. The Kier molecular flexibility index (Phi) is 4.64. The molecule has 0 radical (unpaired) electrons. The van der Waals surface area contributed by atoms with Crippen molar-refractivity contribution in [2.75, 3.05) is 32.7 Å². The highest BCUT2D eigenvalue weighted by atomic mass is 19.2. The second-order valence-electron chi connectivity index (χ2n) is 4.70. The zero-order valence-corrected chi connectivity index (χ0v) is 11.0. The predicted molar refractivity (Wildman–Crippen MR) is 68.7 cm³/mol. The number of nitriles is 1. The van der Waals surface area contributed by atoms with E-state index in [1.807, 2.05) is 4.90 Å². The molecule has 1 aromatic carbocycles. The molecular weight excluding hydrogens is 264 g/mol. The zero-order chi connectivity index (χ0) is 14.5. The number of piperazine rings is 1. The van der Waals surface area contributed by atoms with Crippen LogP contribution in [0.15, 0.2) is 18.2 Å². The van der Waals surface area contributed by atoms with E-state index in [1.165, 1.54) is 12.1 Å². The number of amides is 1. The van der Waals surface area contributed by atoms with Crippen LogP contribution in [0.25, 0.3) is 0 Å². The Balaban J connectivity index is 1.93. The fourth-order valence-electron chi connectivity index (χ4n) is 2.22. The van der Waals surface area contributed by atoms with Gasteiger partial charge in [0, 0.05) is 31.7 Å². The first-order valence-electron chi connectivity index (χ1n) is 6.42. The lowest BCUT2D eigenvalue weighted by Gasteiger charge is -2.33. The monoisotopic (exact) mass is 279 g/mol. The van der Waals surface area contributed by atoms with Crippen LogP contribution in [-0.4, -0.2) is 48.4 Å². The van der Waals surface area contributed by atoms with Crippen molar-refractivity contribution in [1.29, 1.82) is 5.26 Å². The molecule has 0 aromatic heterocycles. The molecule has 1 fully saturated rings. The zero-order valence-electron chi connectivity index (χ0n) is 11.0. The molecule has 1 amide bonds. The van der Waals surface area contributed by atoms with Crippen molar-refractivity contribution >= 4 is 5.91 Å². The number of benzene rings is 1. The standard InChI is InChI=1S/C14H15F2N3O/c15-12-3-1-2-11(14(12)16)10-13(20)19-8-6-18(5-4-17)7-9-19/h1-3H,5-10H2. The minimum Gasteiger partial charge on any atom is -0.340 e. The molecule has 1 aromatic rings. The Morgan fingerprint density at radius 1 is 1.25 bits per heavy atom. The summed E-state index contributed by atoms with van der Waals surface area (Å²) < 4.78 is 26.6. The number of hydrogen-bond donors (Lipinski definition) is 0. The van der Waals surface area contributed by atoms with Crippen LogP contribution in [0.4, 0.5) is 8.78 Å². The van der Waals surface area contributed by atoms with E-state index in [-0.39, 0.29) is 17.9 Å². The summed E-state index contributed by atoms with van der Waals surface area (Å²) >= 11 is 0. The second kappa shape index (κ2) is 6.44. The average Bonchev–Trinajstić information content (AvgIpc) is 2.45. The molecule has 0 atom stereocenters. The fourth-order valence-corrected chi connectivity index (χ4v) is 2.22. The number of hydrogen-bond acceptors (Lipinski definition) is 3. The minimum atomic E-state index is -0.955. The van der Waals surface area contributed by atoms with Crippen LogP contribution < -0.4 is 0 Å². The SMILES string of the molecule is N#CCN1CCN(C(=O)Cc2cccc(F)c2F)CC1. The maximum Gasteiger partial charge on any atom is 0.227 e. The van der Waals surface area contributed by atoms with Crippen molar-refractivity contribution < 1.29 is 13.6 Å². The van der Waals surface area contributed by atoms with Crippen LogP contribution in [0.3, 0.4) is 0 Å². The predicted octanol–water partition coefficient (Wildman–Crippen LogP) is 1.18. The summed E-state index contributed by atoms with van der Waals surface area (Å²) in [5.74, 6) is -2.11. The van der Waals surface area contributed by atoms with Crippen molar-refractivity contribution in [2.24, 2.45) is 0 Å². The first kappa shape index (κ1) is 14.4. The largest absolute Gasteiger partial charge is 0.340 e. The number of carbonyl (C=O) groups excluding carboxylic acids is 1. The molecule has 4 nitrogen and oxygen atoms in total. The van der Waals surface area contributed by atoms with Crippen molar-refractivity contribution in [3.8, 4) is 6.07 Å². The minimum absolute atomic E-state index is 0.0782. The van der Waals surface area contributed by atoms with E-state index in [4.69, 9.17) is 5.26 Å². The summed E-state index contributed by atoms with van der Waals surface area (Å²) in [5, 5.41) is 8.60. The van der Waals surface area contributed by atoms with Crippen LogP contribution >= 0.6 is 0 Å². The van der Waals surface area contributed by atoms with Gasteiger partial charge in [0.2, 0.25) is 5.91 Å². The van der Waals surface area contributed by atoms with Gasteiger partial charge in [-0.2, -0.15) is 5.26 Å². The normalized spacial score (nSPS) is 15.9. The third-order valence-electron chi connectivity index (χ3n) is 3.39. The highest BCUT2D eigenvalue weighted by molar-refractivity contribution is 5.79. The number of rotatable bonds is 3. The molecule has 1 heterocycles. The Morgan fingerprint density at radius 3 is 2.60 bits per heavy atom. The summed E-state index contributed by atoms with van der Waals surface area (Å²) in [7, 11) is 0. The molecule has 1 aliphatic heterocycles. The van der Waals surface area contributed by atoms with Crippen LogP contribution in [0.1, 0.15) is 5.56 Å². The molecule has 0 N–H and O–H groups in total. The molecule has 0 unspecified atom stereocenters. The molecule has 106 valence electrons. The second-order valence-corrected chi connectivity index (χ2v) is 4.70.